The minimum atomic E-state index is -0.0793. The topological polar surface area (TPSA) is 61.4 Å². The predicted octanol–water partition coefficient (Wildman–Crippen LogP) is 2.68. The highest BCUT2D eigenvalue weighted by Gasteiger charge is 2.28. The van der Waals surface area contributed by atoms with Crippen molar-refractivity contribution in [3.05, 3.63) is 52.8 Å². The van der Waals surface area contributed by atoms with E-state index in [1.165, 1.54) is 11.1 Å². The van der Waals surface area contributed by atoms with Crippen LogP contribution in [0.4, 0.5) is 10.7 Å². The Morgan fingerprint density at radius 3 is 2.76 bits per heavy atom. The lowest BCUT2D eigenvalue weighted by molar-refractivity contribution is 0.189. The number of carbonyl (C=O) groups is 1. The molecule has 1 aromatic carbocycles. The van der Waals surface area contributed by atoms with Gasteiger partial charge < -0.3 is 15.1 Å². The second-order valence-corrected chi connectivity index (χ2v) is 6.72. The monoisotopic (exact) mass is 339 g/mol. The fourth-order valence-corrected chi connectivity index (χ4v) is 3.28. The van der Waals surface area contributed by atoms with E-state index in [-0.39, 0.29) is 12.1 Å². The summed E-state index contributed by atoms with van der Waals surface area (Å²) in [4.78, 5) is 25.1. The van der Waals surface area contributed by atoms with Crippen LogP contribution in [0.5, 0.6) is 0 Å². The predicted molar refractivity (Wildman–Crippen MR) is 98.6 cm³/mol. The SMILES string of the molecule is Cc1cc(CNC(=O)N(C)C2CCc3ccccc32)nc(N(C)C)n1. The molecule has 6 heteroatoms. The van der Waals surface area contributed by atoms with Gasteiger partial charge in [0.15, 0.2) is 0 Å². The summed E-state index contributed by atoms with van der Waals surface area (Å²) in [5.74, 6) is 0.655. The van der Waals surface area contributed by atoms with E-state index < -0.39 is 0 Å². The Bertz CT molecular complexity index is 774. The normalized spacial score (nSPS) is 15.6. The number of benzene rings is 1. The smallest absolute Gasteiger partial charge is 0.317 e. The first-order valence-corrected chi connectivity index (χ1v) is 8.56. The summed E-state index contributed by atoms with van der Waals surface area (Å²) >= 11 is 0. The van der Waals surface area contributed by atoms with Gasteiger partial charge in [0.1, 0.15) is 0 Å². The summed E-state index contributed by atoms with van der Waals surface area (Å²) in [5, 5.41) is 2.98. The van der Waals surface area contributed by atoms with E-state index in [1.54, 1.807) is 4.90 Å². The van der Waals surface area contributed by atoms with E-state index in [4.69, 9.17) is 0 Å². The highest BCUT2D eigenvalue weighted by atomic mass is 16.2. The van der Waals surface area contributed by atoms with Crippen molar-refractivity contribution in [3.63, 3.8) is 0 Å². The molecule has 1 atom stereocenters. The summed E-state index contributed by atoms with van der Waals surface area (Å²) in [5.41, 5.74) is 4.30. The summed E-state index contributed by atoms with van der Waals surface area (Å²) in [7, 11) is 5.67. The highest BCUT2D eigenvalue weighted by molar-refractivity contribution is 5.74. The van der Waals surface area contributed by atoms with Gasteiger partial charge in [-0.15, -0.1) is 0 Å². The van der Waals surface area contributed by atoms with E-state index in [0.717, 1.165) is 24.2 Å². The molecule has 0 saturated carbocycles. The maximum atomic E-state index is 12.6. The molecule has 3 rings (SSSR count). The van der Waals surface area contributed by atoms with Crippen LogP contribution >= 0.6 is 0 Å². The van der Waals surface area contributed by atoms with E-state index in [2.05, 4.69) is 33.5 Å². The molecule has 2 aromatic rings. The molecular weight excluding hydrogens is 314 g/mol. The summed E-state index contributed by atoms with van der Waals surface area (Å²) in [6, 6.07) is 10.3. The molecule has 2 amide bonds. The molecule has 1 aliphatic carbocycles. The highest BCUT2D eigenvalue weighted by Crippen LogP contribution is 2.34. The standard InChI is InChI=1S/C19H25N5O/c1-13-11-15(22-18(21-13)23(2)3)12-20-19(25)24(4)17-10-9-14-7-5-6-8-16(14)17/h5-8,11,17H,9-10,12H2,1-4H3,(H,20,25). The van der Waals surface area contributed by atoms with Crippen molar-refractivity contribution in [1.82, 2.24) is 20.2 Å². The lowest BCUT2D eigenvalue weighted by Crippen LogP contribution is -2.38. The van der Waals surface area contributed by atoms with Crippen molar-refractivity contribution in [2.75, 3.05) is 26.0 Å². The first-order valence-electron chi connectivity index (χ1n) is 8.56. The average Bonchev–Trinajstić information content (AvgIpc) is 3.02. The molecule has 0 spiro atoms. The van der Waals surface area contributed by atoms with Gasteiger partial charge in [0, 0.05) is 26.8 Å². The Labute approximate surface area is 148 Å². The molecule has 0 saturated heterocycles. The Balaban J connectivity index is 1.65. The van der Waals surface area contributed by atoms with Crippen LogP contribution in [0.2, 0.25) is 0 Å². The van der Waals surface area contributed by atoms with Gasteiger partial charge in [0.05, 0.1) is 18.3 Å². The number of urea groups is 1. The van der Waals surface area contributed by atoms with Crippen molar-refractivity contribution < 1.29 is 4.79 Å². The number of aromatic nitrogens is 2. The van der Waals surface area contributed by atoms with Crippen LogP contribution in [0.15, 0.2) is 30.3 Å². The molecule has 1 unspecified atom stereocenters. The van der Waals surface area contributed by atoms with Gasteiger partial charge in [0.25, 0.3) is 0 Å². The van der Waals surface area contributed by atoms with E-state index >= 15 is 0 Å². The summed E-state index contributed by atoms with van der Waals surface area (Å²) < 4.78 is 0. The Hall–Kier alpha value is -2.63. The van der Waals surface area contributed by atoms with Crippen LogP contribution in [0.3, 0.4) is 0 Å². The van der Waals surface area contributed by atoms with Gasteiger partial charge >= 0.3 is 6.03 Å². The number of aryl methyl sites for hydroxylation is 2. The first-order chi connectivity index (χ1) is 12.0. The van der Waals surface area contributed by atoms with Gasteiger partial charge in [-0.05, 0) is 37.0 Å². The molecule has 6 nitrogen and oxygen atoms in total. The molecule has 1 heterocycles. The number of fused-ring (bicyclic) bond motifs is 1. The molecule has 132 valence electrons. The zero-order valence-electron chi connectivity index (χ0n) is 15.3. The van der Waals surface area contributed by atoms with Gasteiger partial charge in [-0.3, -0.25) is 0 Å². The number of nitrogens with zero attached hydrogens (tertiary/aromatic N) is 4. The van der Waals surface area contributed by atoms with E-state index in [9.17, 15) is 4.79 Å². The fourth-order valence-electron chi connectivity index (χ4n) is 3.28. The maximum absolute atomic E-state index is 12.6. The summed E-state index contributed by atoms with van der Waals surface area (Å²) in [6.07, 6.45) is 2.00. The number of rotatable bonds is 4. The number of amides is 2. The Morgan fingerprint density at radius 2 is 2.00 bits per heavy atom. The van der Waals surface area contributed by atoms with E-state index in [0.29, 0.717) is 12.5 Å². The minimum Gasteiger partial charge on any atom is -0.347 e. The second kappa shape index (κ2) is 7.09. The summed E-state index contributed by atoms with van der Waals surface area (Å²) in [6.45, 7) is 2.32. The van der Waals surface area contributed by atoms with Gasteiger partial charge in [0.2, 0.25) is 5.95 Å². The van der Waals surface area contributed by atoms with Crippen LogP contribution in [0, 0.1) is 6.92 Å². The molecule has 0 aliphatic heterocycles. The molecule has 0 fully saturated rings. The fraction of sp³-hybridized carbons (Fsp3) is 0.421. The van der Waals surface area contributed by atoms with Gasteiger partial charge in [-0.2, -0.15) is 0 Å². The van der Waals surface area contributed by atoms with Crippen molar-refractivity contribution in [2.24, 2.45) is 0 Å². The third-order valence-corrected chi connectivity index (χ3v) is 4.61. The number of hydrogen-bond donors (Lipinski definition) is 1. The number of nitrogens with one attached hydrogen (secondary N) is 1. The van der Waals surface area contributed by atoms with Crippen LogP contribution in [-0.4, -0.2) is 42.0 Å². The van der Waals surface area contributed by atoms with Crippen LogP contribution in [0.25, 0.3) is 0 Å². The van der Waals surface area contributed by atoms with Crippen LogP contribution in [-0.2, 0) is 13.0 Å². The second-order valence-electron chi connectivity index (χ2n) is 6.72. The Morgan fingerprint density at radius 1 is 1.24 bits per heavy atom. The lowest BCUT2D eigenvalue weighted by atomic mass is 10.1. The molecule has 0 radical (unpaired) electrons. The molecule has 1 N–H and O–H groups in total. The molecule has 0 bridgehead atoms. The van der Waals surface area contributed by atoms with E-state index in [1.807, 2.05) is 45.1 Å². The van der Waals surface area contributed by atoms with Crippen LogP contribution in [0.1, 0.15) is 35.0 Å². The molecule has 1 aromatic heterocycles. The van der Waals surface area contributed by atoms with Crippen molar-refractivity contribution in [2.45, 2.75) is 32.4 Å². The van der Waals surface area contributed by atoms with Gasteiger partial charge in [-0.25, -0.2) is 14.8 Å². The molecule has 1 aliphatic rings. The zero-order chi connectivity index (χ0) is 18.0. The number of hydrogen-bond acceptors (Lipinski definition) is 4. The third kappa shape index (κ3) is 3.73. The Kier molecular flexibility index (Phi) is 4.88. The quantitative estimate of drug-likeness (QED) is 0.930. The maximum Gasteiger partial charge on any atom is 0.317 e. The number of carbonyl (C=O) groups excluding carboxylic acids is 1. The first kappa shape index (κ1) is 17.2. The average molecular weight is 339 g/mol. The largest absolute Gasteiger partial charge is 0.347 e. The van der Waals surface area contributed by atoms with Crippen molar-refractivity contribution in [1.29, 1.82) is 0 Å². The lowest BCUT2D eigenvalue weighted by Gasteiger charge is -2.25. The zero-order valence-corrected chi connectivity index (χ0v) is 15.3. The number of anilines is 1. The minimum absolute atomic E-state index is 0.0793. The third-order valence-electron chi connectivity index (χ3n) is 4.61. The van der Waals surface area contributed by atoms with Crippen molar-refractivity contribution >= 4 is 12.0 Å². The van der Waals surface area contributed by atoms with Crippen LogP contribution < -0.4 is 10.2 Å². The molecular formula is C19H25N5O. The van der Waals surface area contributed by atoms with Crippen molar-refractivity contribution in [3.8, 4) is 0 Å². The van der Waals surface area contributed by atoms with Gasteiger partial charge in [-0.1, -0.05) is 24.3 Å². The molecule has 25 heavy (non-hydrogen) atoms.